The lowest BCUT2D eigenvalue weighted by atomic mass is 10.1. The average Bonchev–Trinajstić information content (AvgIpc) is 2.21. The number of aliphatic carboxylic acids is 1. The third-order valence-corrected chi connectivity index (χ3v) is 2.46. The number of carboxylic acids is 1. The van der Waals surface area contributed by atoms with Crippen molar-refractivity contribution in [1.82, 2.24) is 0 Å². The Labute approximate surface area is 106 Å². The fraction of sp³-hybridized carbons (Fsp3) is 0.462. The SMILES string of the molecule is CC(C)Oc1ccc(Cl)cc1CCCC(=O)O. The summed E-state index contributed by atoms with van der Waals surface area (Å²) in [6, 6.07) is 5.44. The predicted molar refractivity (Wildman–Crippen MR) is 67.8 cm³/mol. The summed E-state index contributed by atoms with van der Waals surface area (Å²) in [5.74, 6) is 0.00754. The second kappa shape index (κ2) is 6.50. The van der Waals surface area contributed by atoms with E-state index in [0.717, 1.165) is 11.3 Å². The van der Waals surface area contributed by atoms with Gasteiger partial charge in [0.25, 0.3) is 0 Å². The maximum Gasteiger partial charge on any atom is 0.303 e. The first-order valence-electron chi connectivity index (χ1n) is 5.66. The first-order valence-corrected chi connectivity index (χ1v) is 6.03. The van der Waals surface area contributed by atoms with Gasteiger partial charge in [0.2, 0.25) is 0 Å². The van der Waals surface area contributed by atoms with Crippen molar-refractivity contribution in [3.63, 3.8) is 0 Å². The molecule has 0 aliphatic rings. The molecule has 0 radical (unpaired) electrons. The summed E-state index contributed by atoms with van der Waals surface area (Å²) in [5.41, 5.74) is 0.965. The molecule has 0 saturated heterocycles. The topological polar surface area (TPSA) is 46.5 Å². The summed E-state index contributed by atoms with van der Waals surface area (Å²) in [6.07, 6.45) is 1.50. The Balaban J connectivity index is 2.72. The fourth-order valence-corrected chi connectivity index (χ4v) is 1.74. The van der Waals surface area contributed by atoms with Gasteiger partial charge < -0.3 is 9.84 Å². The summed E-state index contributed by atoms with van der Waals surface area (Å²) in [7, 11) is 0. The van der Waals surface area contributed by atoms with Crippen molar-refractivity contribution in [2.24, 2.45) is 0 Å². The molecule has 0 atom stereocenters. The Bertz CT molecular complexity index is 388. The molecule has 17 heavy (non-hydrogen) atoms. The van der Waals surface area contributed by atoms with Gasteiger partial charge in [-0.25, -0.2) is 0 Å². The highest BCUT2D eigenvalue weighted by Gasteiger charge is 2.07. The highest BCUT2D eigenvalue weighted by molar-refractivity contribution is 6.30. The largest absolute Gasteiger partial charge is 0.491 e. The molecule has 0 heterocycles. The van der Waals surface area contributed by atoms with Gasteiger partial charge in [0.15, 0.2) is 0 Å². The molecule has 0 amide bonds. The average molecular weight is 257 g/mol. The van der Waals surface area contributed by atoms with Gasteiger partial charge >= 0.3 is 5.97 Å². The molecule has 4 heteroatoms. The van der Waals surface area contributed by atoms with Crippen LogP contribution in [0.3, 0.4) is 0 Å². The van der Waals surface area contributed by atoms with Crippen molar-refractivity contribution in [2.75, 3.05) is 0 Å². The Hall–Kier alpha value is -1.22. The normalized spacial score (nSPS) is 10.6. The van der Waals surface area contributed by atoms with E-state index < -0.39 is 5.97 Å². The minimum absolute atomic E-state index is 0.0920. The van der Waals surface area contributed by atoms with E-state index in [-0.39, 0.29) is 12.5 Å². The van der Waals surface area contributed by atoms with Crippen molar-refractivity contribution in [3.8, 4) is 5.75 Å². The maximum atomic E-state index is 10.5. The van der Waals surface area contributed by atoms with Crippen LogP contribution >= 0.6 is 11.6 Å². The summed E-state index contributed by atoms with van der Waals surface area (Å²) < 4.78 is 5.65. The smallest absolute Gasteiger partial charge is 0.303 e. The highest BCUT2D eigenvalue weighted by Crippen LogP contribution is 2.25. The van der Waals surface area contributed by atoms with Gasteiger partial charge in [-0.05, 0) is 50.5 Å². The summed E-state index contributed by atoms with van der Waals surface area (Å²) >= 11 is 5.92. The Kier molecular flexibility index (Phi) is 5.29. The van der Waals surface area contributed by atoms with Gasteiger partial charge in [0.05, 0.1) is 6.10 Å². The van der Waals surface area contributed by atoms with Crippen LogP contribution in [0.1, 0.15) is 32.3 Å². The first kappa shape index (κ1) is 13.8. The van der Waals surface area contributed by atoms with E-state index in [1.165, 1.54) is 0 Å². The number of rotatable bonds is 6. The minimum Gasteiger partial charge on any atom is -0.491 e. The molecule has 1 N–H and O–H groups in total. The molecular formula is C13H17ClO3. The number of hydrogen-bond donors (Lipinski definition) is 1. The van der Waals surface area contributed by atoms with Crippen LogP contribution in [-0.4, -0.2) is 17.2 Å². The van der Waals surface area contributed by atoms with Crippen molar-refractivity contribution in [3.05, 3.63) is 28.8 Å². The van der Waals surface area contributed by atoms with Crippen molar-refractivity contribution < 1.29 is 14.6 Å². The number of carboxylic acid groups (broad SMARTS) is 1. The van der Waals surface area contributed by atoms with Crippen LogP contribution in [0, 0.1) is 0 Å². The number of ether oxygens (including phenoxy) is 1. The lowest BCUT2D eigenvalue weighted by molar-refractivity contribution is -0.137. The lowest BCUT2D eigenvalue weighted by Crippen LogP contribution is -2.07. The molecule has 0 aromatic heterocycles. The zero-order chi connectivity index (χ0) is 12.8. The van der Waals surface area contributed by atoms with Crippen molar-refractivity contribution in [1.29, 1.82) is 0 Å². The zero-order valence-electron chi connectivity index (χ0n) is 10.1. The Morgan fingerprint density at radius 3 is 2.76 bits per heavy atom. The molecule has 0 saturated carbocycles. The molecule has 3 nitrogen and oxygen atoms in total. The van der Waals surface area contributed by atoms with Crippen molar-refractivity contribution >= 4 is 17.6 Å². The van der Waals surface area contributed by atoms with E-state index >= 15 is 0 Å². The van der Waals surface area contributed by atoms with Crippen LogP contribution in [0.25, 0.3) is 0 Å². The van der Waals surface area contributed by atoms with Crippen molar-refractivity contribution in [2.45, 2.75) is 39.2 Å². The second-order valence-electron chi connectivity index (χ2n) is 4.17. The number of hydrogen-bond acceptors (Lipinski definition) is 2. The van der Waals surface area contributed by atoms with Gasteiger partial charge in [-0.15, -0.1) is 0 Å². The van der Waals surface area contributed by atoms with Crippen LogP contribution < -0.4 is 4.74 Å². The molecule has 0 fully saturated rings. The predicted octanol–water partition coefficient (Wildman–Crippen LogP) is 3.53. The van der Waals surface area contributed by atoms with E-state index in [1.54, 1.807) is 6.07 Å². The minimum atomic E-state index is -0.779. The first-order chi connectivity index (χ1) is 7.99. The van der Waals surface area contributed by atoms with E-state index in [4.69, 9.17) is 21.4 Å². The monoisotopic (exact) mass is 256 g/mol. The number of carbonyl (C=O) groups is 1. The summed E-state index contributed by atoms with van der Waals surface area (Å²) in [4.78, 5) is 10.5. The lowest BCUT2D eigenvalue weighted by Gasteiger charge is -2.14. The van der Waals surface area contributed by atoms with E-state index in [2.05, 4.69) is 0 Å². The van der Waals surface area contributed by atoms with Gasteiger partial charge in [-0.1, -0.05) is 11.6 Å². The number of aryl methyl sites for hydroxylation is 1. The fourth-order valence-electron chi connectivity index (χ4n) is 1.54. The Morgan fingerprint density at radius 2 is 2.18 bits per heavy atom. The van der Waals surface area contributed by atoms with Gasteiger partial charge in [0, 0.05) is 11.4 Å². The molecule has 1 aromatic carbocycles. The maximum absolute atomic E-state index is 10.5. The van der Waals surface area contributed by atoms with Gasteiger partial charge in [0.1, 0.15) is 5.75 Å². The molecule has 1 aromatic rings. The molecule has 94 valence electrons. The standard InChI is InChI=1S/C13H17ClO3/c1-9(2)17-12-7-6-11(14)8-10(12)4-3-5-13(15)16/h6-9H,3-5H2,1-2H3,(H,15,16). The molecule has 0 aliphatic carbocycles. The van der Waals surface area contributed by atoms with E-state index in [0.29, 0.717) is 17.9 Å². The molecule has 0 spiro atoms. The highest BCUT2D eigenvalue weighted by atomic mass is 35.5. The summed E-state index contributed by atoms with van der Waals surface area (Å²) in [5, 5.41) is 9.25. The quantitative estimate of drug-likeness (QED) is 0.847. The van der Waals surface area contributed by atoms with Crippen LogP contribution in [0.15, 0.2) is 18.2 Å². The Morgan fingerprint density at radius 1 is 1.47 bits per heavy atom. The molecule has 1 rings (SSSR count). The van der Waals surface area contributed by atoms with E-state index in [1.807, 2.05) is 26.0 Å². The van der Waals surface area contributed by atoms with Gasteiger partial charge in [-0.2, -0.15) is 0 Å². The molecule has 0 unspecified atom stereocenters. The molecule has 0 aliphatic heterocycles. The zero-order valence-corrected chi connectivity index (χ0v) is 10.8. The van der Waals surface area contributed by atoms with Crippen LogP contribution in [0.4, 0.5) is 0 Å². The van der Waals surface area contributed by atoms with Crippen LogP contribution in [0.5, 0.6) is 5.75 Å². The number of benzene rings is 1. The van der Waals surface area contributed by atoms with Gasteiger partial charge in [-0.3, -0.25) is 4.79 Å². The molecular weight excluding hydrogens is 240 g/mol. The van der Waals surface area contributed by atoms with E-state index in [9.17, 15) is 4.79 Å². The third-order valence-electron chi connectivity index (χ3n) is 2.22. The second-order valence-corrected chi connectivity index (χ2v) is 4.60. The van der Waals surface area contributed by atoms with Crippen LogP contribution in [0.2, 0.25) is 5.02 Å². The van der Waals surface area contributed by atoms with Crippen LogP contribution in [-0.2, 0) is 11.2 Å². The molecule has 0 bridgehead atoms. The summed E-state index contributed by atoms with van der Waals surface area (Å²) in [6.45, 7) is 3.91. The number of halogens is 1. The third kappa shape index (κ3) is 5.09.